The molecule has 23 heavy (non-hydrogen) atoms. The summed E-state index contributed by atoms with van der Waals surface area (Å²) in [7, 11) is -1.92. The highest BCUT2D eigenvalue weighted by Gasteiger charge is 2.22. The Morgan fingerprint density at radius 1 is 1.26 bits per heavy atom. The number of benzene rings is 1. The van der Waals surface area contributed by atoms with Gasteiger partial charge in [0.15, 0.2) is 0 Å². The van der Waals surface area contributed by atoms with Gasteiger partial charge in [0.05, 0.1) is 10.9 Å². The van der Waals surface area contributed by atoms with Crippen molar-refractivity contribution in [2.45, 2.75) is 57.1 Å². The van der Waals surface area contributed by atoms with Gasteiger partial charge in [-0.1, -0.05) is 25.5 Å². The topological polar surface area (TPSA) is 92.5 Å². The third-order valence-corrected chi connectivity index (χ3v) is 5.78. The fourth-order valence-electron chi connectivity index (χ4n) is 1.99. The van der Waals surface area contributed by atoms with Gasteiger partial charge in [0.25, 0.3) is 0 Å². The van der Waals surface area contributed by atoms with Gasteiger partial charge < -0.3 is 11.1 Å². The Bertz CT molecular complexity index is 612. The summed E-state index contributed by atoms with van der Waals surface area (Å²) < 4.78 is 26.0. The number of sulfonamides is 1. The van der Waals surface area contributed by atoms with Crippen molar-refractivity contribution < 1.29 is 13.2 Å². The summed E-state index contributed by atoms with van der Waals surface area (Å²) in [4.78, 5) is 12.0. The van der Waals surface area contributed by atoms with Crippen LogP contribution in [0.2, 0.25) is 0 Å². The molecule has 130 valence electrons. The lowest BCUT2D eigenvalue weighted by molar-refractivity contribution is -0.122. The van der Waals surface area contributed by atoms with Crippen molar-refractivity contribution in [3.8, 4) is 0 Å². The van der Waals surface area contributed by atoms with E-state index < -0.39 is 16.1 Å². The average Bonchev–Trinajstić information content (AvgIpc) is 2.52. The van der Waals surface area contributed by atoms with Gasteiger partial charge in [-0.2, -0.15) is 4.31 Å². The number of rotatable bonds is 8. The third-order valence-electron chi connectivity index (χ3n) is 3.73. The second kappa shape index (κ2) is 8.42. The molecule has 0 saturated heterocycles. The van der Waals surface area contributed by atoms with Gasteiger partial charge in [0.1, 0.15) is 0 Å². The fourth-order valence-corrected chi connectivity index (χ4v) is 3.35. The molecule has 0 fully saturated rings. The quantitative estimate of drug-likeness (QED) is 0.749. The van der Waals surface area contributed by atoms with Crippen molar-refractivity contribution in [1.29, 1.82) is 0 Å². The lowest BCUT2D eigenvalue weighted by Gasteiger charge is -2.21. The second-order valence-electron chi connectivity index (χ2n) is 5.87. The van der Waals surface area contributed by atoms with Crippen molar-refractivity contribution in [3.05, 3.63) is 29.8 Å². The molecular formula is C16H27N3O3S. The molecule has 1 aromatic rings. The van der Waals surface area contributed by atoms with Crippen LogP contribution in [-0.2, 0) is 21.4 Å². The summed E-state index contributed by atoms with van der Waals surface area (Å²) in [5.41, 5.74) is 6.56. The Balaban J connectivity index is 2.72. The highest BCUT2D eigenvalue weighted by atomic mass is 32.2. The molecule has 0 aliphatic carbocycles. The first-order valence-electron chi connectivity index (χ1n) is 7.80. The van der Waals surface area contributed by atoms with Crippen LogP contribution in [0.1, 0.15) is 39.2 Å². The first-order valence-corrected chi connectivity index (χ1v) is 9.24. The Morgan fingerprint density at radius 3 is 2.30 bits per heavy atom. The molecule has 0 saturated carbocycles. The molecular weight excluding hydrogens is 314 g/mol. The monoisotopic (exact) mass is 341 g/mol. The van der Waals surface area contributed by atoms with Gasteiger partial charge in [-0.25, -0.2) is 8.42 Å². The summed E-state index contributed by atoms with van der Waals surface area (Å²) in [6.07, 6.45) is 1.50. The van der Waals surface area contributed by atoms with Crippen LogP contribution < -0.4 is 11.1 Å². The van der Waals surface area contributed by atoms with Gasteiger partial charge in [-0.3, -0.25) is 4.79 Å². The Hall–Kier alpha value is -1.44. The predicted molar refractivity (Wildman–Crippen MR) is 91.3 cm³/mol. The van der Waals surface area contributed by atoms with E-state index in [1.165, 1.54) is 4.31 Å². The number of amides is 1. The molecule has 0 radical (unpaired) electrons. The largest absolute Gasteiger partial charge is 0.351 e. The zero-order valence-electron chi connectivity index (χ0n) is 14.2. The summed E-state index contributed by atoms with van der Waals surface area (Å²) in [5.74, 6) is -0.192. The maximum atomic E-state index is 12.4. The number of carbonyl (C=O) groups excluding carboxylic acids is 1. The average molecular weight is 341 g/mol. The van der Waals surface area contributed by atoms with E-state index in [0.717, 1.165) is 12.0 Å². The first kappa shape index (κ1) is 19.6. The Labute approximate surface area is 139 Å². The minimum Gasteiger partial charge on any atom is -0.351 e. The van der Waals surface area contributed by atoms with Crippen LogP contribution in [0.3, 0.4) is 0 Å². The van der Waals surface area contributed by atoms with Gasteiger partial charge in [-0.15, -0.1) is 0 Å². The first-order chi connectivity index (χ1) is 10.7. The predicted octanol–water partition coefficient (Wildman–Crippen LogP) is 1.46. The molecule has 1 amide bonds. The van der Waals surface area contributed by atoms with Crippen molar-refractivity contribution in [2.24, 2.45) is 5.73 Å². The van der Waals surface area contributed by atoms with Gasteiger partial charge in [0, 0.05) is 19.6 Å². The summed E-state index contributed by atoms with van der Waals surface area (Å²) in [6.45, 7) is 5.94. The van der Waals surface area contributed by atoms with Gasteiger partial charge in [0.2, 0.25) is 15.9 Å². The van der Waals surface area contributed by atoms with Crippen molar-refractivity contribution >= 4 is 15.9 Å². The molecule has 6 nitrogen and oxygen atoms in total. The number of carbonyl (C=O) groups is 1. The van der Waals surface area contributed by atoms with Crippen molar-refractivity contribution in [1.82, 2.24) is 9.62 Å². The van der Waals surface area contributed by atoms with Crippen LogP contribution in [0.25, 0.3) is 0 Å². The molecule has 3 N–H and O–H groups in total. The molecule has 1 atom stereocenters. The third kappa shape index (κ3) is 5.30. The van der Waals surface area contributed by atoms with Crippen molar-refractivity contribution in [3.63, 3.8) is 0 Å². The van der Waals surface area contributed by atoms with E-state index in [9.17, 15) is 13.2 Å². The summed E-state index contributed by atoms with van der Waals surface area (Å²) in [6, 6.07) is 5.90. The lowest BCUT2D eigenvalue weighted by atomic mass is 10.1. The van der Waals surface area contributed by atoms with E-state index >= 15 is 0 Å². The van der Waals surface area contributed by atoms with Crippen LogP contribution >= 0.6 is 0 Å². The van der Waals surface area contributed by atoms with Gasteiger partial charge in [-0.05, 0) is 38.0 Å². The zero-order valence-corrected chi connectivity index (χ0v) is 15.1. The molecule has 7 heteroatoms. The Morgan fingerprint density at radius 2 is 1.83 bits per heavy atom. The fraction of sp³-hybridized carbons (Fsp3) is 0.562. The minimum atomic E-state index is -3.48. The second-order valence-corrected chi connectivity index (χ2v) is 7.87. The normalized spacial score (nSPS) is 13.3. The molecule has 0 aliphatic heterocycles. The highest BCUT2D eigenvalue weighted by molar-refractivity contribution is 7.89. The van der Waals surface area contributed by atoms with E-state index in [-0.39, 0.29) is 16.8 Å². The van der Waals surface area contributed by atoms with E-state index in [1.807, 2.05) is 20.8 Å². The van der Waals surface area contributed by atoms with E-state index in [0.29, 0.717) is 13.0 Å². The van der Waals surface area contributed by atoms with Crippen LogP contribution in [-0.4, -0.2) is 37.8 Å². The molecule has 0 aromatic heterocycles. The maximum absolute atomic E-state index is 12.4. The van der Waals surface area contributed by atoms with Crippen LogP contribution in [0, 0.1) is 0 Å². The lowest BCUT2D eigenvalue weighted by Crippen LogP contribution is -2.40. The number of nitrogens with two attached hydrogens (primary N) is 1. The summed E-state index contributed by atoms with van der Waals surface area (Å²) in [5, 5.41) is 2.76. The number of nitrogens with one attached hydrogen (secondary N) is 1. The summed E-state index contributed by atoms with van der Waals surface area (Å²) >= 11 is 0. The Kier molecular flexibility index (Phi) is 7.18. The highest BCUT2D eigenvalue weighted by Crippen LogP contribution is 2.17. The van der Waals surface area contributed by atoms with Crippen LogP contribution in [0.5, 0.6) is 0 Å². The number of hydrogen-bond donors (Lipinski definition) is 2. The zero-order chi connectivity index (χ0) is 17.6. The smallest absolute Gasteiger partial charge is 0.243 e. The number of hydrogen-bond acceptors (Lipinski definition) is 4. The van der Waals surface area contributed by atoms with Crippen molar-refractivity contribution in [2.75, 3.05) is 7.05 Å². The van der Waals surface area contributed by atoms with Crippen LogP contribution in [0.4, 0.5) is 0 Å². The van der Waals surface area contributed by atoms with Gasteiger partial charge >= 0.3 is 0 Å². The van der Waals surface area contributed by atoms with E-state index in [1.54, 1.807) is 31.3 Å². The standard InChI is InChI=1S/C16H27N3O3S/c1-5-6-15(17)16(20)18-11-13-7-9-14(10-8-13)23(21,22)19(4)12(2)3/h7-10,12,15H,5-6,11,17H2,1-4H3,(H,18,20). The molecule has 0 aliphatic rings. The number of nitrogens with zero attached hydrogens (tertiary/aromatic N) is 1. The molecule has 1 rings (SSSR count). The van der Waals surface area contributed by atoms with E-state index in [2.05, 4.69) is 5.32 Å². The maximum Gasteiger partial charge on any atom is 0.243 e. The van der Waals surface area contributed by atoms with Crippen LogP contribution in [0.15, 0.2) is 29.2 Å². The molecule has 0 spiro atoms. The minimum absolute atomic E-state index is 0.112. The SMILES string of the molecule is CCCC(N)C(=O)NCc1ccc(S(=O)(=O)N(C)C(C)C)cc1. The molecule has 1 unspecified atom stereocenters. The molecule has 0 bridgehead atoms. The molecule has 1 aromatic carbocycles. The molecule has 0 heterocycles. The van der Waals surface area contributed by atoms with E-state index in [4.69, 9.17) is 5.73 Å².